The van der Waals surface area contributed by atoms with Gasteiger partial charge in [0.2, 0.25) is 0 Å². The molecule has 1 atom stereocenters. The van der Waals surface area contributed by atoms with Crippen LogP contribution in [0, 0.1) is 5.92 Å². The summed E-state index contributed by atoms with van der Waals surface area (Å²) in [5, 5.41) is 14.2. The molecule has 0 aromatic heterocycles. The van der Waals surface area contributed by atoms with Crippen LogP contribution in [0.5, 0.6) is 0 Å². The Bertz CT molecular complexity index is 393. The Kier molecular flexibility index (Phi) is 6.12. The predicted octanol–water partition coefficient (Wildman–Crippen LogP) is 3.99. The Hall–Kier alpha value is -0.0900. The van der Waals surface area contributed by atoms with Crippen molar-refractivity contribution in [1.82, 2.24) is 5.32 Å². The second kappa shape index (κ2) is 6.90. The van der Waals surface area contributed by atoms with E-state index in [-0.39, 0.29) is 0 Å². The van der Waals surface area contributed by atoms with Crippen molar-refractivity contribution in [1.29, 1.82) is 0 Å². The Balaban J connectivity index is 2.48. The first-order valence-corrected chi connectivity index (χ1v) is 7.34. The minimum absolute atomic E-state index is 0.486. The van der Waals surface area contributed by atoms with Crippen LogP contribution >= 0.6 is 27.5 Å². The van der Waals surface area contributed by atoms with Crippen molar-refractivity contribution in [3.05, 3.63) is 33.3 Å². The van der Waals surface area contributed by atoms with Gasteiger partial charge in [-0.2, -0.15) is 0 Å². The van der Waals surface area contributed by atoms with Gasteiger partial charge in [0.05, 0.1) is 5.60 Å². The van der Waals surface area contributed by atoms with E-state index in [0.29, 0.717) is 19.0 Å². The van der Waals surface area contributed by atoms with Gasteiger partial charge in [0.15, 0.2) is 0 Å². The zero-order chi connectivity index (χ0) is 13.8. The molecule has 1 unspecified atom stereocenters. The number of hydrogen-bond acceptors (Lipinski definition) is 2. The van der Waals surface area contributed by atoms with Crippen LogP contribution in [0.2, 0.25) is 5.02 Å². The summed E-state index contributed by atoms with van der Waals surface area (Å²) in [6, 6.07) is 5.71. The van der Waals surface area contributed by atoms with Gasteiger partial charge < -0.3 is 10.4 Å². The summed E-state index contributed by atoms with van der Waals surface area (Å²) < 4.78 is 1.03. The minimum Gasteiger partial charge on any atom is -0.389 e. The summed E-state index contributed by atoms with van der Waals surface area (Å²) >= 11 is 9.45. The van der Waals surface area contributed by atoms with Crippen LogP contribution in [0.4, 0.5) is 0 Å². The van der Waals surface area contributed by atoms with Crippen molar-refractivity contribution in [3.8, 4) is 0 Å². The van der Waals surface area contributed by atoms with Crippen LogP contribution < -0.4 is 5.32 Å². The maximum absolute atomic E-state index is 10.2. The predicted molar refractivity (Wildman–Crippen MR) is 80.9 cm³/mol. The van der Waals surface area contributed by atoms with Gasteiger partial charge in [-0.3, -0.25) is 0 Å². The molecule has 4 heteroatoms. The Morgan fingerprint density at radius 1 is 1.44 bits per heavy atom. The molecule has 2 nitrogen and oxygen atoms in total. The van der Waals surface area contributed by atoms with E-state index in [0.717, 1.165) is 21.5 Å². The van der Waals surface area contributed by atoms with E-state index in [1.165, 1.54) is 0 Å². The van der Waals surface area contributed by atoms with Crippen LogP contribution in [-0.4, -0.2) is 17.3 Å². The highest BCUT2D eigenvalue weighted by Gasteiger charge is 2.21. The molecule has 0 fully saturated rings. The fourth-order valence-corrected chi connectivity index (χ4v) is 2.68. The molecule has 1 aromatic rings. The summed E-state index contributed by atoms with van der Waals surface area (Å²) in [7, 11) is 0. The van der Waals surface area contributed by atoms with Gasteiger partial charge >= 0.3 is 0 Å². The molecule has 0 aliphatic carbocycles. The van der Waals surface area contributed by atoms with Crippen molar-refractivity contribution in [2.45, 2.75) is 39.3 Å². The third-order valence-electron chi connectivity index (χ3n) is 2.68. The van der Waals surface area contributed by atoms with Crippen LogP contribution in [0.3, 0.4) is 0 Å². The average Bonchev–Trinajstić information content (AvgIpc) is 2.21. The average molecular weight is 335 g/mol. The number of aliphatic hydroxyl groups is 1. The molecule has 0 saturated carbocycles. The highest BCUT2D eigenvalue weighted by atomic mass is 79.9. The molecule has 102 valence electrons. The lowest BCUT2D eigenvalue weighted by Gasteiger charge is -2.25. The first kappa shape index (κ1) is 16.0. The van der Waals surface area contributed by atoms with Crippen LogP contribution in [0.25, 0.3) is 0 Å². The lowest BCUT2D eigenvalue weighted by atomic mass is 9.94. The van der Waals surface area contributed by atoms with Crippen LogP contribution in [-0.2, 0) is 6.54 Å². The largest absolute Gasteiger partial charge is 0.389 e. The fourth-order valence-electron chi connectivity index (χ4n) is 2.10. The van der Waals surface area contributed by atoms with Crippen LogP contribution in [0.1, 0.15) is 32.8 Å². The molecule has 0 amide bonds. The van der Waals surface area contributed by atoms with Gasteiger partial charge in [-0.05, 0) is 43.0 Å². The summed E-state index contributed by atoms with van der Waals surface area (Å²) in [6.07, 6.45) is 0.788. The van der Waals surface area contributed by atoms with Gasteiger partial charge in [0.25, 0.3) is 0 Å². The third kappa shape index (κ3) is 5.70. The smallest absolute Gasteiger partial charge is 0.0746 e. The first-order valence-electron chi connectivity index (χ1n) is 6.17. The van der Waals surface area contributed by atoms with E-state index >= 15 is 0 Å². The van der Waals surface area contributed by atoms with E-state index in [1.54, 1.807) is 0 Å². The summed E-state index contributed by atoms with van der Waals surface area (Å²) in [6.45, 7) is 7.36. The monoisotopic (exact) mass is 333 g/mol. The summed E-state index contributed by atoms with van der Waals surface area (Å²) in [5.74, 6) is 0.486. The molecule has 0 saturated heterocycles. The third-order valence-corrected chi connectivity index (χ3v) is 3.69. The molecule has 18 heavy (non-hydrogen) atoms. The topological polar surface area (TPSA) is 32.3 Å². The van der Waals surface area contributed by atoms with Gasteiger partial charge in [0.1, 0.15) is 0 Å². The van der Waals surface area contributed by atoms with E-state index < -0.39 is 5.60 Å². The lowest BCUT2D eigenvalue weighted by Crippen LogP contribution is -2.38. The highest BCUT2D eigenvalue weighted by Crippen LogP contribution is 2.21. The quantitative estimate of drug-likeness (QED) is 0.824. The van der Waals surface area contributed by atoms with E-state index in [9.17, 15) is 5.11 Å². The number of nitrogens with one attached hydrogen (secondary N) is 1. The Morgan fingerprint density at radius 3 is 2.72 bits per heavy atom. The summed E-state index contributed by atoms with van der Waals surface area (Å²) in [5.41, 5.74) is 0.432. The molecule has 0 radical (unpaired) electrons. The van der Waals surface area contributed by atoms with Crippen molar-refractivity contribution in [2.75, 3.05) is 6.54 Å². The molecular formula is C14H21BrClNO. The van der Waals surface area contributed by atoms with E-state index in [1.807, 2.05) is 25.1 Å². The number of benzene rings is 1. The Labute approximate surface area is 123 Å². The molecule has 0 heterocycles. The molecule has 1 rings (SSSR count). The number of halogens is 2. The van der Waals surface area contributed by atoms with E-state index in [2.05, 4.69) is 35.1 Å². The lowest BCUT2D eigenvalue weighted by molar-refractivity contribution is 0.0383. The van der Waals surface area contributed by atoms with Gasteiger partial charge in [-0.25, -0.2) is 0 Å². The molecule has 0 spiro atoms. The van der Waals surface area contributed by atoms with E-state index in [4.69, 9.17) is 11.6 Å². The second-order valence-electron chi connectivity index (χ2n) is 5.43. The van der Waals surface area contributed by atoms with Gasteiger partial charge in [-0.1, -0.05) is 41.4 Å². The number of hydrogen-bond donors (Lipinski definition) is 2. The highest BCUT2D eigenvalue weighted by molar-refractivity contribution is 9.10. The van der Waals surface area contributed by atoms with Gasteiger partial charge in [0, 0.05) is 22.6 Å². The van der Waals surface area contributed by atoms with Crippen molar-refractivity contribution in [2.24, 2.45) is 5.92 Å². The molecule has 1 aromatic carbocycles. The Morgan fingerprint density at radius 2 is 2.11 bits per heavy atom. The second-order valence-corrected chi connectivity index (χ2v) is 6.72. The normalized spacial score (nSPS) is 14.8. The minimum atomic E-state index is -0.667. The molecule has 2 N–H and O–H groups in total. The molecule has 0 bridgehead atoms. The maximum Gasteiger partial charge on any atom is 0.0746 e. The molecule has 0 aliphatic heterocycles. The zero-order valence-corrected chi connectivity index (χ0v) is 13.5. The van der Waals surface area contributed by atoms with Crippen molar-refractivity contribution < 1.29 is 5.11 Å². The van der Waals surface area contributed by atoms with Gasteiger partial charge in [-0.15, -0.1) is 0 Å². The van der Waals surface area contributed by atoms with Crippen molar-refractivity contribution >= 4 is 27.5 Å². The fraction of sp³-hybridized carbons (Fsp3) is 0.571. The SMILES string of the molecule is CC(C)CC(C)(O)CNCc1cc(Cl)ccc1Br. The maximum atomic E-state index is 10.2. The zero-order valence-electron chi connectivity index (χ0n) is 11.1. The summed E-state index contributed by atoms with van der Waals surface area (Å²) in [4.78, 5) is 0. The molecule has 0 aliphatic rings. The standard InChI is InChI=1S/C14H21BrClNO/c1-10(2)7-14(3,18)9-17-8-11-6-12(16)4-5-13(11)15/h4-6,10,17-18H,7-9H2,1-3H3. The first-order chi connectivity index (χ1) is 8.30. The van der Waals surface area contributed by atoms with Crippen LogP contribution in [0.15, 0.2) is 22.7 Å². The number of rotatable bonds is 6. The van der Waals surface area contributed by atoms with Crippen molar-refractivity contribution in [3.63, 3.8) is 0 Å². The molecular weight excluding hydrogens is 314 g/mol.